The third-order valence-corrected chi connectivity index (χ3v) is 4.29. The van der Waals surface area contributed by atoms with Gasteiger partial charge in [0, 0.05) is 10.0 Å². The SMILES string of the molecule is O=C(N/N=C\c1ccc(OC(=O)c2ccccc2Br)cc1)c1ccccc1. The van der Waals surface area contributed by atoms with E-state index in [0.717, 1.165) is 5.56 Å². The van der Waals surface area contributed by atoms with Gasteiger partial charge >= 0.3 is 5.97 Å². The van der Waals surface area contributed by atoms with Crippen molar-refractivity contribution in [1.29, 1.82) is 0 Å². The fourth-order valence-electron chi connectivity index (χ4n) is 2.23. The van der Waals surface area contributed by atoms with Crippen LogP contribution in [0.2, 0.25) is 0 Å². The second-order valence-corrected chi connectivity index (χ2v) is 6.36. The first-order chi connectivity index (χ1) is 13.1. The van der Waals surface area contributed by atoms with Gasteiger partial charge in [-0.3, -0.25) is 4.79 Å². The standard InChI is InChI=1S/C21H15BrN2O3/c22-19-9-5-4-8-18(19)21(26)27-17-12-10-15(11-13-17)14-23-24-20(25)16-6-2-1-3-7-16/h1-14H,(H,24,25)/b23-14-. The van der Waals surface area contributed by atoms with Gasteiger partial charge < -0.3 is 4.74 Å². The molecule has 0 atom stereocenters. The van der Waals surface area contributed by atoms with Crippen molar-refractivity contribution in [2.45, 2.75) is 0 Å². The molecule has 0 aliphatic carbocycles. The van der Waals surface area contributed by atoms with Crippen LogP contribution in [-0.2, 0) is 0 Å². The van der Waals surface area contributed by atoms with Crippen molar-refractivity contribution in [1.82, 2.24) is 5.43 Å². The first-order valence-corrected chi connectivity index (χ1v) is 8.88. The van der Waals surface area contributed by atoms with Crippen LogP contribution in [0.5, 0.6) is 5.75 Å². The zero-order valence-electron chi connectivity index (χ0n) is 14.1. The average molecular weight is 423 g/mol. The monoisotopic (exact) mass is 422 g/mol. The molecule has 6 heteroatoms. The molecule has 3 aromatic carbocycles. The quantitative estimate of drug-likeness (QED) is 0.286. The highest BCUT2D eigenvalue weighted by Crippen LogP contribution is 2.19. The van der Waals surface area contributed by atoms with Gasteiger partial charge in [0.15, 0.2) is 0 Å². The number of benzene rings is 3. The summed E-state index contributed by atoms with van der Waals surface area (Å²) in [6, 6.07) is 22.7. The largest absolute Gasteiger partial charge is 0.423 e. The van der Waals surface area contributed by atoms with Crippen LogP contribution in [-0.4, -0.2) is 18.1 Å². The molecule has 0 heterocycles. The summed E-state index contributed by atoms with van der Waals surface area (Å²) < 4.78 is 6.03. The second-order valence-electron chi connectivity index (χ2n) is 5.50. The highest BCUT2D eigenvalue weighted by atomic mass is 79.9. The molecule has 0 saturated carbocycles. The van der Waals surface area contributed by atoms with Gasteiger partial charge in [-0.2, -0.15) is 5.10 Å². The molecule has 27 heavy (non-hydrogen) atoms. The minimum atomic E-state index is -0.445. The lowest BCUT2D eigenvalue weighted by Crippen LogP contribution is -2.17. The van der Waals surface area contributed by atoms with E-state index in [4.69, 9.17) is 4.74 Å². The molecule has 134 valence electrons. The number of amides is 1. The van der Waals surface area contributed by atoms with Crippen molar-refractivity contribution in [3.8, 4) is 5.75 Å². The van der Waals surface area contributed by atoms with Crippen LogP contribution in [0, 0.1) is 0 Å². The predicted molar refractivity (Wildman–Crippen MR) is 107 cm³/mol. The number of nitrogens with one attached hydrogen (secondary N) is 1. The Morgan fingerprint density at radius 3 is 2.26 bits per heavy atom. The van der Waals surface area contributed by atoms with E-state index < -0.39 is 5.97 Å². The number of nitrogens with zero attached hydrogens (tertiary/aromatic N) is 1. The Morgan fingerprint density at radius 1 is 0.889 bits per heavy atom. The summed E-state index contributed by atoms with van der Waals surface area (Å²) in [7, 11) is 0. The molecule has 0 aromatic heterocycles. The Labute approximate surface area is 164 Å². The number of hydrogen-bond acceptors (Lipinski definition) is 4. The summed E-state index contributed by atoms with van der Waals surface area (Å²) >= 11 is 3.33. The van der Waals surface area contributed by atoms with Crippen LogP contribution < -0.4 is 10.2 Å². The van der Waals surface area contributed by atoms with E-state index in [1.165, 1.54) is 6.21 Å². The zero-order chi connectivity index (χ0) is 19.1. The molecule has 1 amide bonds. The zero-order valence-corrected chi connectivity index (χ0v) is 15.7. The first-order valence-electron chi connectivity index (χ1n) is 8.09. The van der Waals surface area contributed by atoms with E-state index in [9.17, 15) is 9.59 Å². The van der Waals surface area contributed by atoms with Gasteiger partial charge in [0.1, 0.15) is 5.75 Å². The van der Waals surface area contributed by atoms with Gasteiger partial charge in [0.2, 0.25) is 0 Å². The van der Waals surface area contributed by atoms with E-state index in [2.05, 4.69) is 26.5 Å². The number of hydrazone groups is 1. The molecular weight excluding hydrogens is 408 g/mol. The Hall–Kier alpha value is -3.25. The van der Waals surface area contributed by atoms with E-state index >= 15 is 0 Å². The van der Waals surface area contributed by atoms with Crippen molar-refractivity contribution in [2.75, 3.05) is 0 Å². The molecule has 5 nitrogen and oxygen atoms in total. The molecule has 3 rings (SSSR count). The highest BCUT2D eigenvalue weighted by molar-refractivity contribution is 9.10. The van der Waals surface area contributed by atoms with Crippen LogP contribution in [0.15, 0.2) is 88.4 Å². The molecule has 0 aliphatic heterocycles. The Bertz CT molecular complexity index is 970. The summed E-state index contributed by atoms with van der Waals surface area (Å²) in [4.78, 5) is 24.1. The molecule has 1 N–H and O–H groups in total. The third-order valence-electron chi connectivity index (χ3n) is 3.60. The maximum atomic E-state index is 12.2. The van der Waals surface area contributed by atoms with Gasteiger partial charge in [-0.25, -0.2) is 10.2 Å². The molecular formula is C21H15BrN2O3. The summed E-state index contributed by atoms with van der Waals surface area (Å²) in [6.45, 7) is 0. The number of carbonyl (C=O) groups excluding carboxylic acids is 2. The Morgan fingerprint density at radius 2 is 1.56 bits per heavy atom. The maximum absolute atomic E-state index is 12.2. The van der Waals surface area contributed by atoms with Crippen LogP contribution in [0.25, 0.3) is 0 Å². The lowest BCUT2D eigenvalue weighted by atomic mass is 10.2. The van der Waals surface area contributed by atoms with Crippen molar-refractivity contribution in [3.05, 3.63) is 100 Å². The van der Waals surface area contributed by atoms with E-state index in [1.54, 1.807) is 66.7 Å². The molecule has 0 spiro atoms. The highest BCUT2D eigenvalue weighted by Gasteiger charge is 2.11. The minimum Gasteiger partial charge on any atom is -0.423 e. The van der Waals surface area contributed by atoms with Crippen LogP contribution in [0.3, 0.4) is 0 Å². The van der Waals surface area contributed by atoms with Gasteiger partial charge in [-0.1, -0.05) is 30.3 Å². The summed E-state index contributed by atoms with van der Waals surface area (Å²) in [5.41, 5.74) is 4.20. The van der Waals surface area contributed by atoms with E-state index in [-0.39, 0.29) is 5.91 Å². The van der Waals surface area contributed by atoms with Crippen molar-refractivity contribution in [3.63, 3.8) is 0 Å². The lowest BCUT2D eigenvalue weighted by molar-refractivity contribution is 0.0733. The molecule has 0 aliphatic rings. The van der Waals surface area contributed by atoms with Crippen molar-refractivity contribution in [2.24, 2.45) is 5.10 Å². The summed E-state index contributed by atoms with van der Waals surface area (Å²) in [5.74, 6) is -0.314. The number of halogens is 1. The van der Waals surface area contributed by atoms with Gasteiger partial charge in [0.05, 0.1) is 11.8 Å². The van der Waals surface area contributed by atoms with Crippen LogP contribution in [0.1, 0.15) is 26.3 Å². The van der Waals surface area contributed by atoms with E-state index in [0.29, 0.717) is 21.3 Å². The van der Waals surface area contributed by atoms with E-state index in [1.807, 2.05) is 12.1 Å². The smallest absolute Gasteiger partial charge is 0.344 e. The number of ether oxygens (including phenoxy) is 1. The molecule has 0 radical (unpaired) electrons. The molecule has 0 unspecified atom stereocenters. The first kappa shape index (κ1) is 18.5. The second kappa shape index (κ2) is 8.91. The van der Waals surface area contributed by atoms with Crippen LogP contribution in [0.4, 0.5) is 0 Å². The molecule has 0 saturated heterocycles. The lowest BCUT2D eigenvalue weighted by Gasteiger charge is -2.06. The number of hydrogen-bond donors (Lipinski definition) is 1. The number of rotatable bonds is 5. The fourth-order valence-corrected chi connectivity index (χ4v) is 2.68. The fraction of sp³-hybridized carbons (Fsp3) is 0. The third kappa shape index (κ3) is 5.12. The topological polar surface area (TPSA) is 67.8 Å². The summed E-state index contributed by atoms with van der Waals surface area (Å²) in [5, 5.41) is 3.93. The van der Waals surface area contributed by atoms with Gasteiger partial charge in [-0.05, 0) is 70.0 Å². The molecule has 0 fully saturated rings. The van der Waals surface area contributed by atoms with Crippen molar-refractivity contribution < 1.29 is 14.3 Å². The number of carbonyl (C=O) groups is 2. The van der Waals surface area contributed by atoms with Crippen molar-refractivity contribution >= 4 is 34.0 Å². The predicted octanol–water partition coefficient (Wildman–Crippen LogP) is 4.43. The Kier molecular flexibility index (Phi) is 6.12. The minimum absolute atomic E-state index is 0.286. The molecule has 3 aromatic rings. The summed E-state index contributed by atoms with van der Waals surface area (Å²) in [6.07, 6.45) is 1.51. The maximum Gasteiger partial charge on any atom is 0.344 e. The molecule has 0 bridgehead atoms. The number of esters is 1. The van der Waals surface area contributed by atoms with Crippen LogP contribution >= 0.6 is 15.9 Å². The average Bonchev–Trinajstić information content (AvgIpc) is 2.70. The van der Waals surface area contributed by atoms with Gasteiger partial charge in [-0.15, -0.1) is 0 Å². The van der Waals surface area contributed by atoms with Gasteiger partial charge in [0.25, 0.3) is 5.91 Å². The Balaban J connectivity index is 1.58. The normalized spacial score (nSPS) is 10.6.